The van der Waals surface area contributed by atoms with Crippen LogP contribution in [0.15, 0.2) is 30.6 Å². The number of hydrogen-bond donors (Lipinski definition) is 2. The van der Waals surface area contributed by atoms with Crippen LogP contribution in [0.1, 0.15) is 10.6 Å². The van der Waals surface area contributed by atoms with E-state index in [0.717, 1.165) is 0 Å². The van der Waals surface area contributed by atoms with Crippen molar-refractivity contribution in [3.63, 3.8) is 0 Å². The lowest BCUT2D eigenvalue weighted by atomic mass is 10.3. The fourth-order valence-electron chi connectivity index (χ4n) is 1.54. The molecule has 0 aliphatic carbocycles. The van der Waals surface area contributed by atoms with Crippen molar-refractivity contribution in [2.75, 3.05) is 5.32 Å². The number of aromatic nitrogens is 5. The molecule has 3 rings (SSSR count). The first kappa shape index (κ1) is 11.5. The Kier molecular flexibility index (Phi) is 2.81. The quantitative estimate of drug-likeness (QED) is 0.741. The van der Waals surface area contributed by atoms with Gasteiger partial charge in [-0.1, -0.05) is 23.7 Å². The zero-order chi connectivity index (χ0) is 13.2. The summed E-state index contributed by atoms with van der Waals surface area (Å²) < 4.78 is 0. The number of H-pyrrole nitrogens is 1. The molecule has 2 N–H and O–H groups in total. The van der Waals surface area contributed by atoms with Crippen LogP contribution in [0, 0.1) is 0 Å². The van der Waals surface area contributed by atoms with Gasteiger partial charge in [0.2, 0.25) is 5.82 Å². The average Bonchev–Trinajstić information content (AvgIpc) is 2.93. The van der Waals surface area contributed by atoms with Gasteiger partial charge in [-0.05, 0) is 12.1 Å². The third kappa shape index (κ3) is 2.23. The Morgan fingerprint density at radius 1 is 1.21 bits per heavy atom. The van der Waals surface area contributed by atoms with E-state index in [1.165, 1.54) is 6.33 Å². The summed E-state index contributed by atoms with van der Waals surface area (Å²) in [5, 5.41) is 8.68. The average molecular weight is 275 g/mol. The minimum atomic E-state index is -0.482. The maximum atomic E-state index is 11.8. The molecule has 19 heavy (non-hydrogen) atoms. The lowest BCUT2D eigenvalue weighted by molar-refractivity contribution is 0.101. The lowest BCUT2D eigenvalue weighted by Crippen LogP contribution is -2.15. The Labute approximate surface area is 112 Å². The Bertz CT molecular complexity index is 742. The second-order valence-electron chi connectivity index (χ2n) is 3.64. The van der Waals surface area contributed by atoms with E-state index in [1.807, 2.05) is 12.1 Å². The molecule has 0 radical (unpaired) electrons. The fourth-order valence-corrected chi connectivity index (χ4v) is 1.72. The summed E-state index contributed by atoms with van der Waals surface area (Å²) >= 11 is 5.97. The molecule has 0 aliphatic heterocycles. The topological polar surface area (TPSA) is 96.5 Å². The number of fused-ring (bicyclic) bond motifs is 1. The molecule has 8 heteroatoms. The maximum Gasteiger partial charge on any atom is 0.294 e. The van der Waals surface area contributed by atoms with Gasteiger partial charge < -0.3 is 5.32 Å². The van der Waals surface area contributed by atoms with E-state index in [4.69, 9.17) is 11.6 Å². The zero-order valence-electron chi connectivity index (χ0n) is 9.46. The summed E-state index contributed by atoms with van der Waals surface area (Å²) in [5.74, 6) is -0.225. The summed E-state index contributed by atoms with van der Waals surface area (Å²) in [7, 11) is 0. The van der Waals surface area contributed by atoms with Crippen molar-refractivity contribution >= 4 is 34.4 Å². The van der Waals surface area contributed by atoms with Gasteiger partial charge in [0.25, 0.3) is 5.91 Å². The van der Waals surface area contributed by atoms with Gasteiger partial charge >= 0.3 is 0 Å². The molecule has 7 nitrogen and oxygen atoms in total. The number of benzene rings is 1. The van der Waals surface area contributed by atoms with E-state index < -0.39 is 5.91 Å². The molecule has 94 valence electrons. The summed E-state index contributed by atoms with van der Waals surface area (Å²) in [6.45, 7) is 0. The van der Waals surface area contributed by atoms with Crippen molar-refractivity contribution in [2.45, 2.75) is 0 Å². The van der Waals surface area contributed by atoms with E-state index in [2.05, 4.69) is 30.5 Å². The zero-order valence-corrected chi connectivity index (χ0v) is 10.2. The van der Waals surface area contributed by atoms with Crippen LogP contribution in [-0.2, 0) is 0 Å². The normalized spacial score (nSPS) is 10.6. The number of carbonyl (C=O) groups is 1. The van der Waals surface area contributed by atoms with Gasteiger partial charge in [0, 0.05) is 0 Å². The predicted octanol–water partition coefficient (Wildman–Crippen LogP) is 1.65. The molecule has 0 aliphatic rings. The van der Waals surface area contributed by atoms with Crippen molar-refractivity contribution < 1.29 is 4.79 Å². The number of anilines is 1. The highest BCUT2D eigenvalue weighted by molar-refractivity contribution is 6.32. The molecular formula is C11H7ClN6O. The van der Waals surface area contributed by atoms with Crippen LogP contribution in [0.3, 0.4) is 0 Å². The number of rotatable bonds is 2. The van der Waals surface area contributed by atoms with Gasteiger partial charge in [0.05, 0.1) is 11.0 Å². The Hall–Kier alpha value is -2.54. The molecule has 0 spiro atoms. The monoisotopic (exact) mass is 274 g/mol. The van der Waals surface area contributed by atoms with Gasteiger partial charge in [-0.15, -0.1) is 0 Å². The van der Waals surface area contributed by atoms with Crippen LogP contribution in [0.5, 0.6) is 0 Å². The molecule has 0 bridgehead atoms. The Morgan fingerprint density at radius 3 is 2.63 bits per heavy atom. The molecule has 1 amide bonds. The molecule has 3 aromatic rings. The third-order valence-electron chi connectivity index (χ3n) is 2.39. The van der Waals surface area contributed by atoms with E-state index in [1.54, 1.807) is 12.1 Å². The predicted molar refractivity (Wildman–Crippen MR) is 68.9 cm³/mol. The number of carbonyl (C=O) groups excluding carboxylic acids is 1. The lowest BCUT2D eigenvalue weighted by Gasteiger charge is -2.05. The SMILES string of the molecule is O=C(Nc1nc2ccccc2nc1Cl)c1ncn[nH]1. The molecule has 2 aromatic heterocycles. The smallest absolute Gasteiger partial charge is 0.294 e. The van der Waals surface area contributed by atoms with Crippen LogP contribution < -0.4 is 5.32 Å². The second-order valence-corrected chi connectivity index (χ2v) is 4.00. The first-order valence-corrected chi connectivity index (χ1v) is 5.71. The fraction of sp³-hybridized carbons (Fsp3) is 0. The Morgan fingerprint density at radius 2 is 1.95 bits per heavy atom. The largest absolute Gasteiger partial charge is 0.301 e. The third-order valence-corrected chi connectivity index (χ3v) is 2.65. The summed E-state index contributed by atoms with van der Waals surface area (Å²) in [6, 6.07) is 7.23. The number of para-hydroxylation sites is 2. The van der Waals surface area contributed by atoms with Gasteiger partial charge in [-0.25, -0.2) is 15.0 Å². The molecule has 1 aromatic carbocycles. The number of nitrogens with zero attached hydrogens (tertiary/aromatic N) is 4. The van der Waals surface area contributed by atoms with E-state index in [0.29, 0.717) is 11.0 Å². The second kappa shape index (κ2) is 4.62. The molecular weight excluding hydrogens is 268 g/mol. The summed E-state index contributed by atoms with van der Waals surface area (Å²) in [6.07, 6.45) is 1.24. The molecule has 0 saturated carbocycles. The highest BCUT2D eigenvalue weighted by Crippen LogP contribution is 2.21. The van der Waals surface area contributed by atoms with Crippen molar-refractivity contribution in [2.24, 2.45) is 0 Å². The number of amides is 1. The van der Waals surface area contributed by atoms with Crippen molar-refractivity contribution in [1.29, 1.82) is 0 Å². The highest BCUT2D eigenvalue weighted by atomic mass is 35.5. The minimum Gasteiger partial charge on any atom is -0.301 e. The molecule has 0 unspecified atom stereocenters. The number of halogens is 1. The van der Waals surface area contributed by atoms with E-state index in [-0.39, 0.29) is 16.8 Å². The highest BCUT2D eigenvalue weighted by Gasteiger charge is 2.13. The summed E-state index contributed by atoms with van der Waals surface area (Å²) in [5.41, 5.74) is 1.30. The number of aromatic amines is 1. The van der Waals surface area contributed by atoms with Crippen LogP contribution in [0.2, 0.25) is 5.15 Å². The standard InChI is InChI=1S/C11H7ClN6O/c12-8-9(17-11(19)10-13-5-14-18-10)16-7-4-2-1-3-6(7)15-8/h1-5H,(H,13,14,18)(H,16,17,19). The summed E-state index contributed by atoms with van der Waals surface area (Å²) in [4.78, 5) is 23.9. The maximum absolute atomic E-state index is 11.8. The molecule has 2 heterocycles. The van der Waals surface area contributed by atoms with E-state index in [9.17, 15) is 4.79 Å². The first-order valence-electron chi connectivity index (χ1n) is 5.33. The van der Waals surface area contributed by atoms with Crippen LogP contribution in [0.25, 0.3) is 11.0 Å². The number of hydrogen-bond acceptors (Lipinski definition) is 5. The van der Waals surface area contributed by atoms with E-state index >= 15 is 0 Å². The van der Waals surface area contributed by atoms with Crippen LogP contribution in [0.4, 0.5) is 5.82 Å². The van der Waals surface area contributed by atoms with Gasteiger partial charge in [-0.3, -0.25) is 9.89 Å². The number of nitrogens with one attached hydrogen (secondary N) is 2. The first-order chi connectivity index (χ1) is 9.24. The van der Waals surface area contributed by atoms with Crippen molar-refractivity contribution in [1.82, 2.24) is 25.1 Å². The molecule has 0 fully saturated rings. The van der Waals surface area contributed by atoms with Crippen LogP contribution in [-0.4, -0.2) is 31.1 Å². The Balaban J connectivity index is 1.96. The van der Waals surface area contributed by atoms with Crippen LogP contribution >= 0.6 is 11.6 Å². The molecule has 0 atom stereocenters. The van der Waals surface area contributed by atoms with Crippen molar-refractivity contribution in [3.8, 4) is 0 Å². The van der Waals surface area contributed by atoms with Gasteiger partial charge in [-0.2, -0.15) is 5.10 Å². The van der Waals surface area contributed by atoms with Crippen molar-refractivity contribution in [3.05, 3.63) is 41.6 Å². The van der Waals surface area contributed by atoms with Gasteiger partial charge in [0.1, 0.15) is 6.33 Å². The molecule has 0 saturated heterocycles. The van der Waals surface area contributed by atoms with Gasteiger partial charge in [0.15, 0.2) is 11.0 Å². The minimum absolute atomic E-state index is 0.0750.